The van der Waals surface area contributed by atoms with Crippen molar-refractivity contribution in [2.75, 3.05) is 11.6 Å². The van der Waals surface area contributed by atoms with E-state index in [0.717, 1.165) is 6.07 Å². The molecule has 7 heteroatoms. The number of carbonyl (C=O) groups is 1. The van der Waals surface area contributed by atoms with Crippen LogP contribution in [0.1, 0.15) is 5.69 Å². The molecular formula is C12H11FN2O3S. The van der Waals surface area contributed by atoms with Crippen LogP contribution in [0.25, 0.3) is 0 Å². The lowest BCUT2D eigenvalue weighted by Crippen LogP contribution is -2.14. The van der Waals surface area contributed by atoms with E-state index < -0.39 is 16.6 Å². The number of hydrogen-bond acceptors (Lipinski definition) is 4. The van der Waals surface area contributed by atoms with Crippen LogP contribution in [-0.2, 0) is 22.0 Å². The summed E-state index contributed by atoms with van der Waals surface area (Å²) in [5, 5.41) is 6.13. The summed E-state index contributed by atoms with van der Waals surface area (Å²) in [6, 6.07) is 5.60. The van der Waals surface area contributed by atoms with Crippen LogP contribution < -0.4 is 5.32 Å². The van der Waals surface area contributed by atoms with Gasteiger partial charge in [0.05, 0.1) is 27.8 Å². The third-order valence-corrected chi connectivity index (χ3v) is 3.31. The van der Waals surface area contributed by atoms with Gasteiger partial charge >= 0.3 is 0 Å². The SMILES string of the molecule is CS(=O)c1ccc(NC(=O)Cc2ccon2)cc1F. The molecule has 1 atom stereocenters. The topological polar surface area (TPSA) is 72.2 Å². The van der Waals surface area contributed by atoms with Gasteiger partial charge in [-0.25, -0.2) is 4.39 Å². The lowest BCUT2D eigenvalue weighted by Gasteiger charge is -2.06. The van der Waals surface area contributed by atoms with Crippen LogP contribution >= 0.6 is 0 Å². The van der Waals surface area contributed by atoms with E-state index in [1.165, 1.54) is 24.7 Å². The van der Waals surface area contributed by atoms with Crippen molar-refractivity contribution in [1.82, 2.24) is 5.16 Å². The molecule has 100 valence electrons. The quantitative estimate of drug-likeness (QED) is 0.927. The van der Waals surface area contributed by atoms with Gasteiger partial charge in [-0.15, -0.1) is 0 Å². The Morgan fingerprint density at radius 2 is 2.26 bits per heavy atom. The lowest BCUT2D eigenvalue weighted by molar-refractivity contribution is -0.115. The second kappa shape index (κ2) is 5.75. The fourth-order valence-corrected chi connectivity index (χ4v) is 2.10. The van der Waals surface area contributed by atoms with E-state index in [1.54, 1.807) is 6.07 Å². The molecule has 0 aliphatic heterocycles. The Morgan fingerprint density at radius 3 is 2.84 bits per heavy atom. The maximum absolute atomic E-state index is 13.6. The molecule has 1 heterocycles. The highest BCUT2D eigenvalue weighted by Gasteiger charge is 2.10. The minimum atomic E-state index is -1.40. The van der Waals surface area contributed by atoms with E-state index in [2.05, 4.69) is 15.0 Å². The summed E-state index contributed by atoms with van der Waals surface area (Å²) in [5.41, 5.74) is 0.796. The highest BCUT2D eigenvalue weighted by molar-refractivity contribution is 7.84. The van der Waals surface area contributed by atoms with Gasteiger partial charge < -0.3 is 9.84 Å². The zero-order valence-electron chi connectivity index (χ0n) is 10.1. The first kappa shape index (κ1) is 13.4. The van der Waals surface area contributed by atoms with Gasteiger partial charge in [-0.1, -0.05) is 5.16 Å². The molecule has 0 bridgehead atoms. The first-order chi connectivity index (χ1) is 9.06. The summed E-state index contributed by atoms with van der Waals surface area (Å²) in [6.07, 6.45) is 2.80. The van der Waals surface area contributed by atoms with E-state index >= 15 is 0 Å². The van der Waals surface area contributed by atoms with Gasteiger partial charge in [0.15, 0.2) is 0 Å². The number of aromatic nitrogens is 1. The van der Waals surface area contributed by atoms with E-state index in [0.29, 0.717) is 11.4 Å². The molecule has 0 radical (unpaired) electrons. The third-order valence-electron chi connectivity index (χ3n) is 2.36. The van der Waals surface area contributed by atoms with Gasteiger partial charge in [0.2, 0.25) is 5.91 Å². The molecule has 1 aromatic heterocycles. The van der Waals surface area contributed by atoms with Crippen molar-refractivity contribution >= 4 is 22.4 Å². The van der Waals surface area contributed by atoms with Gasteiger partial charge in [0, 0.05) is 18.0 Å². The normalized spacial score (nSPS) is 12.1. The van der Waals surface area contributed by atoms with Crippen molar-refractivity contribution < 1.29 is 17.9 Å². The van der Waals surface area contributed by atoms with Gasteiger partial charge in [-0.2, -0.15) is 0 Å². The van der Waals surface area contributed by atoms with E-state index in [9.17, 15) is 13.4 Å². The molecule has 0 saturated heterocycles. The fraction of sp³-hybridized carbons (Fsp3) is 0.167. The van der Waals surface area contributed by atoms with Crippen LogP contribution in [-0.4, -0.2) is 21.5 Å². The Hall–Kier alpha value is -2.02. The Bertz CT molecular complexity index is 613. The van der Waals surface area contributed by atoms with E-state index in [-0.39, 0.29) is 17.2 Å². The highest BCUT2D eigenvalue weighted by Crippen LogP contribution is 2.17. The number of halogens is 1. The van der Waals surface area contributed by atoms with Crippen LogP contribution in [0.4, 0.5) is 10.1 Å². The largest absolute Gasteiger partial charge is 0.364 e. The van der Waals surface area contributed by atoms with Crippen LogP contribution in [0.5, 0.6) is 0 Å². The molecule has 5 nitrogen and oxygen atoms in total. The molecule has 1 aromatic carbocycles. The Balaban J connectivity index is 2.05. The predicted molar refractivity (Wildman–Crippen MR) is 67.6 cm³/mol. The van der Waals surface area contributed by atoms with Crippen molar-refractivity contribution in [3.8, 4) is 0 Å². The molecule has 0 aliphatic carbocycles. The number of hydrogen-bond donors (Lipinski definition) is 1. The first-order valence-corrected chi connectivity index (χ1v) is 6.94. The smallest absolute Gasteiger partial charge is 0.230 e. The van der Waals surface area contributed by atoms with Crippen LogP contribution in [0.3, 0.4) is 0 Å². The van der Waals surface area contributed by atoms with Crippen molar-refractivity contribution in [2.45, 2.75) is 11.3 Å². The maximum atomic E-state index is 13.6. The first-order valence-electron chi connectivity index (χ1n) is 5.38. The number of nitrogens with one attached hydrogen (secondary N) is 1. The summed E-state index contributed by atoms with van der Waals surface area (Å²) < 4.78 is 29.3. The van der Waals surface area contributed by atoms with Crippen molar-refractivity contribution in [3.63, 3.8) is 0 Å². The summed E-state index contributed by atoms with van der Waals surface area (Å²) in [7, 11) is -1.40. The van der Waals surface area contributed by atoms with Crippen molar-refractivity contribution in [2.24, 2.45) is 0 Å². The molecule has 19 heavy (non-hydrogen) atoms. The lowest BCUT2D eigenvalue weighted by atomic mass is 10.2. The molecule has 0 aliphatic rings. The van der Waals surface area contributed by atoms with E-state index in [4.69, 9.17) is 0 Å². The van der Waals surface area contributed by atoms with Crippen molar-refractivity contribution in [1.29, 1.82) is 0 Å². The standard InChI is InChI=1S/C12H11FN2O3S/c1-19(17)11-3-2-8(6-10(11)13)14-12(16)7-9-4-5-18-15-9/h2-6H,7H2,1H3,(H,14,16). The number of amides is 1. The average molecular weight is 282 g/mol. The van der Waals surface area contributed by atoms with Crippen LogP contribution in [0.15, 0.2) is 39.9 Å². The number of anilines is 1. The second-order valence-corrected chi connectivity index (χ2v) is 5.16. The highest BCUT2D eigenvalue weighted by atomic mass is 32.2. The maximum Gasteiger partial charge on any atom is 0.230 e. The molecule has 0 saturated carbocycles. The molecule has 0 fully saturated rings. The predicted octanol–water partition coefficient (Wildman–Crippen LogP) is 1.73. The Labute approximate surface area is 111 Å². The summed E-state index contributed by atoms with van der Waals surface area (Å²) in [6.45, 7) is 0. The Kier molecular flexibility index (Phi) is 4.06. The number of nitrogens with zero attached hydrogens (tertiary/aromatic N) is 1. The van der Waals surface area contributed by atoms with Gasteiger partial charge in [0.1, 0.15) is 12.1 Å². The van der Waals surface area contributed by atoms with E-state index in [1.807, 2.05) is 0 Å². The van der Waals surface area contributed by atoms with Crippen molar-refractivity contribution in [3.05, 3.63) is 42.0 Å². The number of carbonyl (C=O) groups excluding carboxylic acids is 1. The molecule has 0 spiro atoms. The van der Waals surface area contributed by atoms with Gasteiger partial charge in [-0.05, 0) is 18.2 Å². The Morgan fingerprint density at radius 1 is 1.47 bits per heavy atom. The molecule has 1 amide bonds. The molecule has 1 N–H and O–H groups in total. The zero-order valence-corrected chi connectivity index (χ0v) is 10.9. The third kappa shape index (κ3) is 3.47. The second-order valence-electron chi connectivity index (χ2n) is 3.82. The average Bonchev–Trinajstić information content (AvgIpc) is 2.81. The summed E-state index contributed by atoms with van der Waals surface area (Å²) in [4.78, 5) is 11.7. The summed E-state index contributed by atoms with van der Waals surface area (Å²) >= 11 is 0. The monoisotopic (exact) mass is 282 g/mol. The van der Waals surface area contributed by atoms with Crippen LogP contribution in [0, 0.1) is 5.82 Å². The number of benzene rings is 1. The van der Waals surface area contributed by atoms with Gasteiger partial charge in [0.25, 0.3) is 0 Å². The number of rotatable bonds is 4. The zero-order chi connectivity index (χ0) is 13.8. The minimum Gasteiger partial charge on any atom is -0.364 e. The summed E-state index contributed by atoms with van der Waals surface area (Å²) in [5.74, 6) is -0.946. The molecular weight excluding hydrogens is 271 g/mol. The molecule has 2 aromatic rings. The fourth-order valence-electron chi connectivity index (χ4n) is 1.51. The molecule has 1 unspecified atom stereocenters. The van der Waals surface area contributed by atoms with Gasteiger partial charge in [-0.3, -0.25) is 9.00 Å². The molecule has 2 rings (SSSR count). The van der Waals surface area contributed by atoms with Crippen LogP contribution in [0.2, 0.25) is 0 Å². The minimum absolute atomic E-state index is 0.0412.